The van der Waals surface area contributed by atoms with E-state index in [2.05, 4.69) is 10.2 Å². The number of urea groups is 1. The summed E-state index contributed by atoms with van der Waals surface area (Å²) in [4.78, 5) is 28.3. The maximum absolute atomic E-state index is 12.2. The standard InChI is InChI=1S/C16H23N3O3S/c1-22-15(20)14(12-5-10-23-11-12)18-8-3-13(4-9-18)19-7-2-6-17-16(19)21/h5,10-11,13-14H,2-4,6-9H2,1H3,(H,17,21)/t14-/m0/s1. The minimum Gasteiger partial charge on any atom is -0.468 e. The lowest BCUT2D eigenvalue weighted by Crippen LogP contribution is -2.54. The van der Waals surface area contributed by atoms with Crippen LogP contribution >= 0.6 is 11.3 Å². The monoisotopic (exact) mass is 337 g/mol. The molecule has 6 nitrogen and oxygen atoms in total. The van der Waals surface area contributed by atoms with Crippen LogP contribution in [-0.4, -0.2) is 61.1 Å². The Kier molecular flexibility index (Phi) is 5.17. The molecular weight excluding hydrogens is 314 g/mol. The number of nitrogens with zero attached hydrogens (tertiary/aromatic N) is 2. The average molecular weight is 337 g/mol. The highest BCUT2D eigenvalue weighted by Gasteiger charge is 2.35. The molecule has 2 aliphatic heterocycles. The van der Waals surface area contributed by atoms with Crippen molar-refractivity contribution in [1.82, 2.24) is 15.1 Å². The predicted octanol–water partition coefficient (Wildman–Crippen LogP) is 1.84. The number of rotatable bonds is 4. The van der Waals surface area contributed by atoms with Crippen molar-refractivity contribution in [3.63, 3.8) is 0 Å². The third-order valence-corrected chi connectivity index (χ3v) is 5.40. The van der Waals surface area contributed by atoms with Gasteiger partial charge in [0, 0.05) is 32.2 Å². The van der Waals surface area contributed by atoms with Crippen LogP contribution < -0.4 is 5.32 Å². The zero-order valence-corrected chi connectivity index (χ0v) is 14.2. The summed E-state index contributed by atoms with van der Waals surface area (Å²) in [5.74, 6) is -0.211. The van der Waals surface area contributed by atoms with Gasteiger partial charge in [0.2, 0.25) is 0 Å². The Labute approximate surface area is 140 Å². The van der Waals surface area contributed by atoms with Crippen LogP contribution in [0.1, 0.15) is 30.9 Å². The van der Waals surface area contributed by atoms with Gasteiger partial charge in [-0.2, -0.15) is 11.3 Å². The Bertz CT molecular complexity index is 541. The van der Waals surface area contributed by atoms with Crippen molar-refractivity contribution >= 4 is 23.3 Å². The van der Waals surface area contributed by atoms with Crippen LogP contribution in [0.4, 0.5) is 4.79 Å². The highest BCUT2D eigenvalue weighted by molar-refractivity contribution is 7.08. The number of likely N-dealkylation sites (tertiary alicyclic amines) is 1. The van der Waals surface area contributed by atoms with Crippen molar-refractivity contribution in [2.45, 2.75) is 31.3 Å². The van der Waals surface area contributed by atoms with Gasteiger partial charge in [-0.15, -0.1) is 0 Å². The lowest BCUT2D eigenvalue weighted by atomic mass is 9.99. The number of nitrogens with one attached hydrogen (secondary N) is 1. The van der Waals surface area contributed by atoms with Crippen molar-refractivity contribution in [2.75, 3.05) is 33.3 Å². The van der Waals surface area contributed by atoms with Crippen molar-refractivity contribution < 1.29 is 14.3 Å². The number of methoxy groups -OCH3 is 1. The summed E-state index contributed by atoms with van der Waals surface area (Å²) in [6.07, 6.45) is 2.79. The highest BCUT2D eigenvalue weighted by Crippen LogP contribution is 2.29. The van der Waals surface area contributed by atoms with Crippen LogP contribution in [0.15, 0.2) is 16.8 Å². The molecule has 1 aromatic rings. The summed E-state index contributed by atoms with van der Waals surface area (Å²) in [5, 5.41) is 6.90. The third-order valence-electron chi connectivity index (χ3n) is 4.70. The van der Waals surface area contributed by atoms with Crippen LogP contribution in [0.3, 0.4) is 0 Å². The number of amides is 2. The smallest absolute Gasteiger partial charge is 0.327 e. The molecular formula is C16H23N3O3S. The molecule has 3 heterocycles. The lowest BCUT2D eigenvalue weighted by molar-refractivity contribution is -0.148. The largest absolute Gasteiger partial charge is 0.468 e. The molecule has 2 fully saturated rings. The molecule has 2 amide bonds. The Morgan fingerprint density at radius 3 is 2.78 bits per heavy atom. The number of esters is 1. The van der Waals surface area contributed by atoms with Gasteiger partial charge in [-0.1, -0.05) is 0 Å². The molecule has 0 aromatic carbocycles. The zero-order valence-electron chi connectivity index (χ0n) is 13.4. The van der Waals surface area contributed by atoms with Gasteiger partial charge in [0.25, 0.3) is 0 Å². The topological polar surface area (TPSA) is 61.9 Å². The predicted molar refractivity (Wildman–Crippen MR) is 88.4 cm³/mol. The van der Waals surface area contributed by atoms with Crippen LogP contribution in [0, 0.1) is 0 Å². The molecule has 1 N–H and O–H groups in total. The lowest BCUT2D eigenvalue weighted by Gasteiger charge is -2.41. The SMILES string of the molecule is COC(=O)[C@H](c1ccsc1)N1CCC(N2CCCNC2=O)CC1. The van der Waals surface area contributed by atoms with Gasteiger partial charge in [0.15, 0.2) is 0 Å². The van der Waals surface area contributed by atoms with Gasteiger partial charge in [-0.3, -0.25) is 4.90 Å². The molecule has 0 saturated carbocycles. The maximum atomic E-state index is 12.2. The normalized spacial score (nSPS) is 21.8. The van der Waals surface area contributed by atoms with Crippen LogP contribution in [0.25, 0.3) is 0 Å². The number of piperidine rings is 1. The Morgan fingerprint density at radius 2 is 2.17 bits per heavy atom. The molecule has 3 rings (SSSR count). The summed E-state index contributed by atoms with van der Waals surface area (Å²) in [7, 11) is 1.44. The molecule has 0 unspecified atom stereocenters. The third kappa shape index (κ3) is 3.50. The van der Waals surface area contributed by atoms with E-state index in [1.54, 1.807) is 11.3 Å². The van der Waals surface area contributed by atoms with E-state index in [4.69, 9.17) is 4.74 Å². The number of ether oxygens (including phenoxy) is 1. The van der Waals surface area contributed by atoms with Crippen LogP contribution in [0.2, 0.25) is 0 Å². The number of carbonyl (C=O) groups excluding carboxylic acids is 2. The van der Waals surface area contributed by atoms with Gasteiger partial charge >= 0.3 is 12.0 Å². The molecule has 7 heteroatoms. The molecule has 126 valence electrons. The molecule has 2 aliphatic rings. The fraction of sp³-hybridized carbons (Fsp3) is 0.625. The van der Waals surface area contributed by atoms with Crippen molar-refractivity contribution in [3.05, 3.63) is 22.4 Å². The summed E-state index contributed by atoms with van der Waals surface area (Å²) >= 11 is 1.59. The first-order valence-corrected chi connectivity index (χ1v) is 9.03. The second-order valence-electron chi connectivity index (χ2n) is 6.03. The molecule has 0 bridgehead atoms. The van der Waals surface area contributed by atoms with Gasteiger partial charge < -0.3 is 15.0 Å². The summed E-state index contributed by atoms with van der Waals surface area (Å²) in [6, 6.07) is 1.97. The fourth-order valence-electron chi connectivity index (χ4n) is 3.49. The summed E-state index contributed by atoms with van der Waals surface area (Å²) in [5.41, 5.74) is 0.996. The first-order chi connectivity index (χ1) is 11.2. The van der Waals surface area contributed by atoms with E-state index >= 15 is 0 Å². The molecule has 1 atom stereocenters. The molecule has 0 aliphatic carbocycles. The van der Waals surface area contributed by atoms with E-state index in [1.165, 1.54) is 7.11 Å². The van der Waals surface area contributed by atoms with Crippen molar-refractivity contribution in [1.29, 1.82) is 0 Å². The van der Waals surface area contributed by atoms with E-state index in [9.17, 15) is 9.59 Å². The average Bonchev–Trinajstić information content (AvgIpc) is 3.10. The molecule has 0 spiro atoms. The molecule has 0 radical (unpaired) electrons. The van der Waals surface area contributed by atoms with E-state index in [-0.39, 0.29) is 24.1 Å². The number of hydrogen-bond acceptors (Lipinski definition) is 5. The highest BCUT2D eigenvalue weighted by atomic mass is 32.1. The maximum Gasteiger partial charge on any atom is 0.327 e. The van der Waals surface area contributed by atoms with E-state index in [0.717, 1.165) is 51.0 Å². The minimum absolute atomic E-state index is 0.0528. The van der Waals surface area contributed by atoms with Crippen LogP contribution in [0.5, 0.6) is 0 Å². The molecule has 2 saturated heterocycles. The van der Waals surface area contributed by atoms with Gasteiger partial charge in [-0.25, -0.2) is 9.59 Å². The minimum atomic E-state index is -0.331. The number of carbonyl (C=O) groups is 2. The zero-order chi connectivity index (χ0) is 16.2. The second-order valence-corrected chi connectivity index (χ2v) is 6.81. The van der Waals surface area contributed by atoms with E-state index < -0.39 is 0 Å². The Hall–Kier alpha value is -1.60. The van der Waals surface area contributed by atoms with E-state index in [1.807, 2.05) is 21.7 Å². The number of thiophene rings is 1. The van der Waals surface area contributed by atoms with Gasteiger partial charge in [0.05, 0.1) is 7.11 Å². The fourth-order valence-corrected chi connectivity index (χ4v) is 4.17. The van der Waals surface area contributed by atoms with Crippen molar-refractivity contribution in [2.24, 2.45) is 0 Å². The quantitative estimate of drug-likeness (QED) is 0.852. The second kappa shape index (κ2) is 7.31. The summed E-state index contributed by atoms with van der Waals surface area (Å²) < 4.78 is 5.00. The molecule has 1 aromatic heterocycles. The van der Waals surface area contributed by atoms with Gasteiger partial charge in [0.1, 0.15) is 6.04 Å². The first-order valence-electron chi connectivity index (χ1n) is 8.09. The van der Waals surface area contributed by atoms with Gasteiger partial charge in [-0.05, 0) is 41.7 Å². The summed E-state index contributed by atoms with van der Waals surface area (Å²) in [6.45, 7) is 3.20. The first kappa shape index (κ1) is 16.3. The van der Waals surface area contributed by atoms with E-state index in [0.29, 0.717) is 0 Å². The van der Waals surface area contributed by atoms with Crippen LogP contribution in [-0.2, 0) is 9.53 Å². The Morgan fingerprint density at radius 1 is 1.39 bits per heavy atom. The molecule has 23 heavy (non-hydrogen) atoms. The number of hydrogen-bond donors (Lipinski definition) is 1. The Balaban J connectivity index is 1.64. The van der Waals surface area contributed by atoms with Crippen molar-refractivity contribution in [3.8, 4) is 0 Å².